The van der Waals surface area contributed by atoms with Crippen molar-refractivity contribution in [3.05, 3.63) is 89.7 Å². The van der Waals surface area contributed by atoms with Crippen LogP contribution in [0, 0.1) is 0 Å². The third-order valence-corrected chi connectivity index (χ3v) is 6.86. The summed E-state index contributed by atoms with van der Waals surface area (Å²) in [6, 6.07) is 19.9. The van der Waals surface area contributed by atoms with Crippen LogP contribution in [-0.2, 0) is 22.6 Å². The van der Waals surface area contributed by atoms with E-state index in [2.05, 4.69) is 22.0 Å². The van der Waals surface area contributed by atoms with Gasteiger partial charge in [0.25, 0.3) is 5.91 Å². The Morgan fingerprint density at radius 1 is 1.08 bits per heavy atom. The number of likely N-dealkylation sites (tertiary alicyclic amines) is 1. The molecule has 3 heterocycles. The number of pyridine rings is 1. The molecule has 0 N–H and O–H groups in total. The van der Waals surface area contributed by atoms with E-state index >= 15 is 0 Å². The Balaban J connectivity index is 1.21. The predicted octanol–water partition coefficient (Wildman–Crippen LogP) is 4.23. The zero-order chi connectivity index (χ0) is 24.7. The smallest absolute Gasteiger partial charge is 0.256 e. The lowest BCUT2D eigenvalue weighted by Gasteiger charge is -2.32. The van der Waals surface area contributed by atoms with Crippen LogP contribution in [0.5, 0.6) is 11.5 Å². The minimum absolute atomic E-state index is 0.0405. The Kier molecular flexibility index (Phi) is 7.79. The highest BCUT2D eigenvalue weighted by molar-refractivity contribution is 5.82. The fourth-order valence-electron chi connectivity index (χ4n) is 4.96. The van der Waals surface area contributed by atoms with Crippen LogP contribution < -0.4 is 9.47 Å². The van der Waals surface area contributed by atoms with E-state index in [4.69, 9.17) is 14.2 Å². The van der Waals surface area contributed by atoms with Crippen LogP contribution in [-0.4, -0.2) is 60.1 Å². The number of aromatic nitrogens is 1. The summed E-state index contributed by atoms with van der Waals surface area (Å²) in [7, 11) is 1.58. The Hall–Kier alpha value is -3.42. The molecule has 3 aromatic rings. The van der Waals surface area contributed by atoms with E-state index in [0.29, 0.717) is 19.7 Å². The largest absolute Gasteiger partial charge is 0.491 e. The van der Waals surface area contributed by atoms with Gasteiger partial charge in [-0.2, -0.15) is 0 Å². The second-order valence-electron chi connectivity index (χ2n) is 9.36. The molecule has 7 nitrogen and oxygen atoms in total. The Morgan fingerprint density at radius 2 is 1.92 bits per heavy atom. The molecule has 188 valence electrons. The summed E-state index contributed by atoms with van der Waals surface area (Å²) >= 11 is 0. The number of rotatable bonds is 7. The van der Waals surface area contributed by atoms with E-state index in [1.807, 2.05) is 53.4 Å². The van der Waals surface area contributed by atoms with E-state index in [9.17, 15) is 4.79 Å². The maximum Gasteiger partial charge on any atom is 0.256 e. The van der Waals surface area contributed by atoms with Crippen molar-refractivity contribution in [2.75, 3.05) is 33.4 Å². The molecule has 1 amide bonds. The fourth-order valence-corrected chi connectivity index (χ4v) is 4.96. The summed E-state index contributed by atoms with van der Waals surface area (Å²) in [6.45, 7) is 4.33. The number of fused-ring (bicyclic) bond motifs is 1. The topological polar surface area (TPSA) is 64.1 Å². The first-order valence-corrected chi connectivity index (χ1v) is 12.6. The Labute approximate surface area is 212 Å². The summed E-state index contributed by atoms with van der Waals surface area (Å²) in [5.74, 6) is 1.65. The number of methoxy groups -OCH3 is 1. The van der Waals surface area contributed by atoms with Gasteiger partial charge in [0.15, 0.2) is 6.10 Å². The van der Waals surface area contributed by atoms with Crippen molar-refractivity contribution >= 4 is 5.91 Å². The molecule has 1 saturated heterocycles. The van der Waals surface area contributed by atoms with Crippen LogP contribution >= 0.6 is 0 Å². The van der Waals surface area contributed by atoms with E-state index in [-0.39, 0.29) is 12.0 Å². The highest BCUT2D eigenvalue weighted by atomic mass is 16.5. The fraction of sp³-hybridized carbons (Fsp3) is 0.379. The number of benzene rings is 2. The molecule has 1 fully saturated rings. The van der Waals surface area contributed by atoms with Gasteiger partial charge in [0.1, 0.15) is 24.2 Å². The molecule has 2 aliphatic rings. The van der Waals surface area contributed by atoms with Gasteiger partial charge in [0.2, 0.25) is 0 Å². The number of hydrogen-bond donors (Lipinski definition) is 0. The predicted molar refractivity (Wildman–Crippen MR) is 137 cm³/mol. The van der Waals surface area contributed by atoms with Crippen LogP contribution in [0.2, 0.25) is 0 Å². The van der Waals surface area contributed by atoms with Crippen molar-refractivity contribution in [2.45, 2.75) is 38.1 Å². The summed E-state index contributed by atoms with van der Waals surface area (Å²) in [5, 5.41) is 0. The first-order valence-electron chi connectivity index (χ1n) is 12.6. The third-order valence-electron chi connectivity index (χ3n) is 6.86. The SMILES string of the molecule is CO[C@@H](C(=O)N1CCOc2ccc(CN3CCC(Oc4cccnc4)CC3)cc2C1)c1ccccc1. The van der Waals surface area contributed by atoms with Gasteiger partial charge in [-0.15, -0.1) is 0 Å². The van der Waals surface area contributed by atoms with Crippen molar-refractivity contribution in [1.29, 1.82) is 0 Å². The molecule has 0 unspecified atom stereocenters. The first-order chi connectivity index (χ1) is 17.7. The lowest BCUT2D eigenvalue weighted by molar-refractivity contribution is -0.143. The third kappa shape index (κ3) is 5.86. The lowest BCUT2D eigenvalue weighted by atomic mass is 10.0. The van der Waals surface area contributed by atoms with Crippen LogP contribution in [0.3, 0.4) is 0 Å². The standard InChI is InChI=1S/C29H33N3O4/c1-34-28(23-6-3-2-4-7-23)29(33)32-16-17-35-27-10-9-22(18-24(27)21-32)20-31-14-11-25(12-15-31)36-26-8-5-13-30-19-26/h2-10,13,18-19,25,28H,11-12,14-17,20-21H2,1H3/t28-/m1/s1. The quantitative estimate of drug-likeness (QED) is 0.497. The minimum atomic E-state index is -0.619. The van der Waals surface area contributed by atoms with Crippen molar-refractivity contribution in [1.82, 2.24) is 14.8 Å². The molecule has 1 atom stereocenters. The first kappa shape index (κ1) is 24.3. The highest BCUT2D eigenvalue weighted by Crippen LogP contribution is 2.28. The summed E-state index contributed by atoms with van der Waals surface area (Å²) in [5.41, 5.74) is 3.13. The van der Waals surface area contributed by atoms with Crippen molar-refractivity contribution in [3.8, 4) is 11.5 Å². The monoisotopic (exact) mass is 487 g/mol. The van der Waals surface area contributed by atoms with Gasteiger partial charge in [-0.05, 0) is 48.2 Å². The zero-order valence-corrected chi connectivity index (χ0v) is 20.7. The molecule has 5 rings (SSSR count). The molecule has 0 radical (unpaired) electrons. The van der Waals surface area contributed by atoms with Crippen molar-refractivity contribution in [3.63, 3.8) is 0 Å². The normalized spacial score (nSPS) is 17.5. The number of carbonyl (C=O) groups excluding carboxylic acids is 1. The van der Waals surface area contributed by atoms with Gasteiger partial charge in [0.05, 0.1) is 12.7 Å². The molecule has 7 heteroatoms. The molecule has 2 aliphatic heterocycles. The summed E-state index contributed by atoms with van der Waals surface area (Å²) in [4.78, 5) is 21.8. The van der Waals surface area contributed by atoms with Crippen LogP contribution in [0.1, 0.15) is 35.6 Å². The van der Waals surface area contributed by atoms with Gasteiger partial charge < -0.3 is 19.1 Å². The molecule has 36 heavy (non-hydrogen) atoms. The van der Waals surface area contributed by atoms with Gasteiger partial charge in [-0.3, -0.25) is 14.7 Å². The number of nitrogens with zero attached hydrogens (tertiary/aromatic N) is 3. The zero-order valence-electron chi connectivity index (χ0n) is 20.7. The van der Waals surface area contributed by atoms with Crippen LogP contribution in [0.25, 0.3) is 0 Å². The maximum absolute atomic E-state index is 13.4. The molecular weight excluding hydrogens is 454 g/mol. The maximum atomic E-state index is 13.4. The summed E-state index contributed by atoms with van der Waals surface area (Å²) < 4.78 is 17.7. The molecule has 0 aliphatic carbocycles. The van der Waals surface area contributed by atoms with Crippen LogP contribution in [0.4, 0.5) is 0 Å². The molecule has 2 aromatic carbocycles. The minimum Gasteiger partial charge on any atom is -0.491 e. The van der Waals surface area contributed by atoms with Gasteiger partial charge in [0, 0.05) is 45.0 Å². The molecule has 0 spiro atoms. The number of hydrogen-bond acceptors (Lipinski definition) is 6. The molecule has 0 saturated carbocycles. The highest BCUT2D eigenvalue weighted by Gasteiger charge is 2.28. The Morgan fingerprint density at radius 3 is 2.67 bits per heavy atom. The second kappa shape index (κ2) is 11.5. The Bertz CT molecular complexity index is 1130. The van der Waals surface area contributed by atoms with Gasteiger partial charge in [-0.1, -0.05) is 36.4 Å². The van der Waals surface area contributed by atoms with E-state index in [1.54, 1.807) is 19.5 Å². The lowest BCUT2D eigenvalue weighted by Crippen LogP contribution is -2.38. The van der Waals surface area contributed by atoms with Gasteiger partial charge >= 0.3 is 0 Å². The molecule has 1 aromatic heterocycles. The van der Waals surface area contributed by atoms with E-state index in [1.165, 1.54) is 5.56 Å². The average Bonchev–Trinajstić information content (AvgIpc) is 3.14. The number of carbonyl (C=O) groups is 1. The average molecular weight is 488 g/mol. The van der Waals surface area contributed by atoms with E-state index in [0.717, 1.165) is 55.1 Å². The molecular formula is C29H33N3O4. The molecule has 0 bridgehead atoms. The number of ether oxygens (including phenoxy) is 3. The summed E-state index contributed by atoms with van der Waals surface area (Å²) in [6.07, 6.45) is 5.11. The van der Waals surface area contributed by atoms with E-state index < -0.39 is 6.10 Å². The van der Waals surface area contributed by atoms with Gasteiger partial charge in [-0.25, -0.2) is 0 Å². The van der Waals surface area contributed by atoms with Crippen LogP contribution in [0.15, 0.2) is 73.1 Å². The van der Waals surface area contributed by atoms with Crippen molar-refractivity contribution in [2.24, 2.45) is 0 Å². The second-order valence-corrected chi connectivity index (χ2v) is 9.36. The number of piperidine rings is 1. The van der Waals surface area contributed by atoms with Crippen molar-refractivity contribution < 1.29 is 19.0 Å². The number of amides is 1.